The van der Waals surface area contributed by atoms with Crippen molar-refractivity contribution in [3.8, 4) is 22.9 Å². The summed E-state index contributed by atoms with van der Waals surface area (Å²) in [6, 6.07) is 18.1. The number of hydrogen-bond donors (Lipinski definition) is 0. The fraction of sp³-hybridized carbons (Fsp3) is 0.100. The molecule has 2 heterocycles. The zero-order chi connectivity index (χ0) is 16.5. The first-order chi connectivity index (χ1) is 11.7. The van der Waals surface area contributed by atoms with Crippen LogP contribution in [0.1, 0.15) is 5.56 Å². The second kappa shape index (κ2) is 5.81. The van der Waals surface area contributed by atoms with Gasteiger partial charge in [0.25, 0.3) is 0 Å². The van der Waals surface area contributed by atoms with Crippen LogP contribution in [0.4, 0.5) is 0 Å². The average Bonchev–Trinajstić information content (AvgIpc) is 3.04. The van der Waals surface area contributed by atoms with Crippen LogP contribution in [0, 0.1) is 6.92 Å². The minimum atomic E-state index is 0.560. The zero-order valence-electron chi connectivity index (χ0n) is 13.6. The standard InChI is InChI=1S/C20H17N3O/c1-14-9-10-19(16-7-4-3-6-15(14)16)24-20-17(8-5-12-21-20)18-11-13-23(2)22-18/h3-13H,1-2H3. The van der Waals surface area contributed by atoms with E-state index in [1.165, 1.54) is 10.9 Å². The Kier molecular flexibility index (Phi) is 3.50. The van der Waals surface area contributed by atoms with Gasteiger partial charge in [0.05, 0.1) is 11.3 Å². The van der Waals surface area contributed by atoms with Crippen LogP contribution in [-0.2, 0) is 7.05 Å². The molecular formula is C20H17N3O. The van der Waals surface area contributed by atoms with Crippen molar-refractivity contribution in [1.82, 2.24) is 14.8 Å². The Bertz CT molecular complexity index is 1020. The molecule has 0 fully saturated rings. The number of benzene rings is 2. The highest BCUT2D eigenvalue weighted by Crippen LogP contribution is 2.34. The third-order valence-corrected chi connectivity index (χ3v) is 4.07. The van der Waals surface area contributed by atoms with Gasteiger partial charge in [0, 0.05) is 24.8 Å². The normalized spacial score (nSPS) is 10.9. The van der Waals surface area contributed by atoms with Gasteiger partial charge in [-0.2, -0.15) is 5.10 Å². The van der Waals surface area contributed by atoms with Crippen LogP contribution in [0.2, 0.25) is 0 Å². The predicted octanol–water partition coefficient (Wildman–Crippen LogP) is 4.74. The van der Waals surface area contributed by atoms with E-state index in [0.717, 1.165) is 22.4 Å². The van der Waals surface area contributed by atoms with E-state index in [2.05, 4.69) is 35.2 Å². The first-order valence-electron chi connectivity index (χ1n) is 7.83. The fourth-order valence-corrected chi connectivity index (χ4v) is 2.84. The van der Waals surface area contributed by atoms with Gasteiger partial charge in [-0.3, -0.25) is 4.68 Å². The Labute approximate surface area is 140 Å². The molecule has 4 nitrogen and oxygen atoms in total. The first-order valence-corrected chi connectivity index (χ1v) is 7.83. The maximum Gasteiger partial charge on any atom is 0.228 e. The molecule has 0 spiro atoms. The number of rotatable bonds is 3. The quantitative estimate of drug-likeness (QED) is 0.548. The Morgan fingerprint density at radius 1 is 0.917 bits per heavy atom. The molecule has 0 saturated heterocycles. The molecule has 2 aromatic heterocycles. The molecule has 0 N–H and O–H groups in total. The topological polar surface area (TPSA) is 39.9 Å². The summed E-state index contributed by atoms with van der Waals surface area (Å²) in [4.78, 5) is 4.42. The lowest BCUT2D eigenvalue weighted by Crippen LogP contribution is -1.94. The predicted molar refractivity (Wildman–Crippen MR) is 95.2 cm³/mol. The molecule has 4 rings (SSSR count). The van der Waals surface area contributed by atoms with Crippen LogP contribution in [-0.4, -0.2) is 14.8 Å². The van der Waals surface area contributed by atoms with Crippen molar-refractivity contribution in [2.45, 2.75) is 6.92 Å². The van der Waals surface area contributed by atoms with Gasteiger partial charge in [0.2, 0.25) is 5.88 Å². The summed E-state index contributed by atoms with van der Waals surface area (Å²) in [5, 5.41) is 6.72. The first kappa shape index (κ1) is 14.5. The molecule has 0 atom stereocenters. The van der Waals surface area contributed by atoms with Crippen LogP contribution >= 0.6 is 0 Å². The number of fused-ring (bicyclic) bond motifs is 1. The van der Waals surface area contributed by atoms with Crippen molar-refractivity contribution in [1.29, 1.82) is 0 Å². The lowest BCUT2D eigenvalue weighted by atomic mass is 10.0. The highest BCUT2D eigenvalue weighted by molar-refractivity contribution is 5.91. The molecular weight excluding hydrogens is 298 g/mol. The second-order valence-corrected chi connectivity index (χ2v) is 5.76. The number of pyridine rings is 1. The van der Waals surface area contributed by atoms with E-state index in [1.54, 1.807) is 10.9 Å². The van der Waals surface area contributed by atoms with E-state index in [4.69, 9.17) is 4.74 Å². The van der Waals surface area contributed by atoms with Gasteiger partial charge in [0.1, 0.15) is 5.75 Å². The van der Waals surface area contributed by atoms with Gasteiger partial charge in [-0.25, -0.2) is 4.98 Å². The Balaban J connectivity index is 1.81. The van der Waals surface area contributed by atoms with Crippen LogP contribution < -0.4 is 4.74 Å². The van der Waals surface area contributed by atoms with Crippen molar-refractivity contribution in [2.24, 2.45) is 7.05 Å². The van der Waals surface area contributed by atoms with E-state index in [0.29, 0.717) is 5.88 Å². The average molecular weight is 315 g/mol. The summed E-state index contributed by atoms with van der Waals surface area (Å²) in [6.45, 7) is 2.10. The monoisotopic (exact) mass is 315 g/mol. The smallest absolute Gasteiger partial charge is 0.228 e. The fourth-order valence-electron chi connectivity index (χ4n) is 2.84. The third-order valence-electron chi connectivity index (χ3n) is 4.07. The van der Waals surface area contributed by atoms with Gasteiger partial charge in [-0.05, 0) is 42.1 Å². The Morgan fingerprint density at radius 3 is 2.54 bits per heavy atom. The number of aryl methyl sites for hydroxylation is 2. The number of ether oxygens (including phenoxy) is 1. The molecule has 0 bridgehead atoms. The largest absolute Gasteiger partial charge is 0.438 e. The second-order valence-electron chi connectivity index (χ2n) is 5.76. The van der Waals surface area contributed by atoms with E-state index in [-0.39, 0.29) is 0 Å². The lowest BCUT2D eigenvalue weighted by molar-refractivity contribution is 0.470. The van der Waals surface area contributed by atoms with Crippen molar-refractivity contribution in [2.75, 3.05) is 0 Å². The van der Waals surface area contributed by atoms with Gasteiger partial charge in [0.15, 0.2) is 0 Å². The number of hydrogen-bond acceptors (Lipinski definition) is 3. The number of aromatic nitrogens is 3. The van der Waals surface area contributed by atoms with Gasteiger partial charge in [-0.15, -0.1) is 0 Å². The maximum atomic E-state index is 6.18. The molecule has 2 aromatic carbocycles. The molecule has 0 aliphatic heterocycles. The molecule has 4 aromatic rings. The van der Waals surface area contributed by atoms with Crippen molar-refractivity contribution in [3.05, 3.63) is 72.6 Å². The Morgan fingerprint density at radius 2 is 1.75 bits per heavy atom. The van der Waals surface area contributed by atoms with Crippen molar-refractivity contribution >= 4 is 10.8 Å². The third kappa shape index (κ3) is 2.52. The molecule has 0 unspecified atom stereocenters. The number of nitrogens with zero attached hydrogens (tertiary/aromatic N) is 3. The summed E-state index contributed by atoms with van der Waals surface area (Å²) in [5.74, 6) is 1.36. The highest BCUT2D eigenvalue weighted by Gasteiger charge is 2.12. The van der Waals surface area contributed by atoms with E-state index in [9.17, 15) is 0 Å². The van der Waals surface area contributed by atoms with Crippen molar-refractivity contribution in [3.63, 3.8) is 0 Å². The molecule has 24 heavy (non-hydrogen) atoms. The minimum Gasteiger partial charge on any atom is -0.438 e. The molecule has 118 valence electrons. The molecule has 4 heteroatoms. The van der Waals surface area contributed by atoms with Gasteiger partial charge < -0.3 is 4.74 Å². The van der Waals surface area contributed by atoms with E-state index in [1.807, 2.05) is 49.6 Å². The van der Waals surface area contributed by atoms with E-state index < -0.39 is 0 Å². The summed E-state index contributed by atoms with van der Waals surface area (Å²) in [5.41, 5.74) is 2.95. The summed E-state index contributed by atoms with van der Waals surface area (Å²) in [7, 11) is 1.90. The molecule has 0 radical (unpaired) electrons. The Hall–Kier alpha value is -3.14. The van der Waals surface area contributed by atoms with E-state index >= 15 is 0 Å². The molecule has 0 saturated carbocycles. The van der Waals surface area contributed by atoms with Crippen LogP contribution in [0.15, 0.2) is 67.0 Å². The van der Waals surface area contributed by atoms with Crippen LogP contribution in [0.3, 0.4) is 0 Å². The molecule has 0 aliphatic carbocycles. The molecule has 0 aliphatic rings. The van der Waals surface area contributed by atoms with Crippen molar-refractivity contribution < 1.29 is 4.74 Å². The van der Waals surface area contributed by atoms with Crippen LogP contribution in [0.25, 0.3) is 22.0 Å². The lowest BCUT2D eigenvalue weighted by Gasteiger charge is -2.12. The molecule has 0 amide bonds. The minimum absolute atomic E-state index is 0.560. The maximum absolute atomic E-state index is 6.18. The SMILES string of the molecule is Cc1ccc(Oc2ncccc2-c2ccn(C)n2)c2ccccc12. The van der Waals surface area contributed by atoms with Gasteiger partial charge in [-0.1, -0.05) is 30.3 Å². The summed E-state index contributed by atoms with van der Waals surface area (Å²) < 4.78 is 7.95. The zero-order valence-corrected chi connectivity index (χ0v) is 13.6. The summed E-state index contributed by atoms with van der Waals surface area (Å²) >= 11 is 0. The van der Waals surface area contributed by atoms with Crippen LogP contribution in [0.5, 0.6) is 11.6 Å². The summed E-state index contributed by atoms with van der Waals surface area (Å²) in [6.07, 6.45) is 3.64. The van der Waals surface area contributed by atoms with Gasteiger partial charge >= 0.3 is 0 Å². The highest BCUT2D eigenvalue weighted by atomic mass is 16.5.